The molecular weight excluding hydrogens is 182 g/mol. The van der Waals surface area contributed by atoms with Crippen LogP contribution < -0.4 is 5.32 Å². The normalized spacial score (nSPS) is 15.7. The molecule has 0 fully saturated rings. The highest BCUT2D eigenvalue weighted by Gasteiger charge is 2.13. The number of hydrogen-bond acceptors (Lipinski definition) is 4. The molecule has 4 heteroatoms. The van der Waals surface area contributed by atoms with E-state index in [1.54, 1.807) is 11.3 Å². The van der Waals surface area contributed by atoms with Gasteiger partial charge in [0.1, 0.15) is 10.0 Å². The molecule has 1 rings (SSSR count). The van der Waals surface area contributed by atoms with Crippen LogP contribution in [0.2, 0.25) is 0 Å². The monoisotopic (exact) mass is 199 g/mol. The molecule has 2 unspecified atom stereocenters. The van der Waals surface area contributed by atoms with Crippen LogP contribution in [0.4, 0.5) is 0 Å². The van der Waals surface area contributed by atoms with E-state index in [0.717, 1.165) is 16.4 Å². The SMILES string of the molecule is CCC(C)c1nnc(C(C)NC)s1. The molecular formula is C9H17N3S. The lowest BCUT2D eigenvalue weighted by atomic mass is 10.1. The highest BCUT2D eigenvalue weighted by molar-refractivity contribution is 7.11. The van der Waals surface area contributed by atoms with Gasteiger partial charge >= 0.3 is 0 Å². The van der Waals surface area contributed by atoms with Crippen molar-refractivity contribution in [3.05, 3.63) is 10.0 Å². The molecule has 0 radical (unpaired) electrons. The maximum absolute atomic E-state index is 4.18. The Hall–Kier alpha value is -0.480. The fourth-order valence-corrected chi connectivity index (χ4v) is 1.96. The molecule has 0 aliphatic rings. The van der Waals surface area contributed by atoms with E-state index in [-0.39, 0.29) is 0 Å². The molecule has 0 saturated heterocycles. The third kappa shape index (κ3) is 2.48. The molecule has 0 spiro atoms. The molecule has 3 nitrogen and oxygen atoms in total. The van der Waals surface area contributed by atoms with Crippen LogP contribution in [0, 0.1) is 0 Å². The van der Waals surface area contributed by atoms with Gasteiger partial charge in [-0.1, -0.05) is 25.2 Å². The Morgan fingerprint density at radius 1 is 1.31 bits per heavy atom. The first-order chi connectivity index (χ1) is 6.19. The van der Waals surface area contributed by atoms with Gasteiger partial charge in [-0.05, 0) is 20.4 Å². The summed E-state index contributed by atoms with van der Waals surface area (Å²) in [5.41, 5.74) is 0. The molecule has 0 aliphatic carbocycles. The van der Waals surface area contributed by atoms with Gasteiger partial charge < -0.3 is 5.32 Å². The molecule has 0 aromatic carbocycles. The fraction of sp³-hybridized carbons (Fsp3) is 0.778. The van der Waals surface area contributed by atoms with Gasteiger partial charge in [0.25, 0.3) is 0 Å². The standard InChI is InChI=1S/C9H17N3S/c1-5-6(2)8-11-12-9(13-8)7(3)10-4/h6-7,10H,5H2,1-4H3. The summed E-state index contributed by atoms with van der Waals surface area (Å²) in [4.78, 5) is 0. The minimum Gasteiger partial charge on any atom is -0.311 e. The first kappa shape index (κ1) is 10.6. The summed E-state index contributed by atoms with van der Waals surface area (Å²) in [7, 11) is 1.94. The summed E-state index contributed by atoms with van der Waals surface area (Å²) in [6, 6.07) is 0.315. The van der Waals surface area contributed by atoms with Gasteiger partial charge in [-0.25, -0.2) is 0 Å². The number of hydrogen-bond donors (Lipinski definition) is 1. The molecule has 1 aromatic rings. The summed E-state index contributed by atoms with van der Waals surface area (Å²) in [5, 5.41) is 13.7. The van der Waals surface area contributed by atoms with Crippen LogP contribution in [-0.4, -0.2) is 17.2 Å². The van der Waals surface area contributed by atoms with Crippen molar-refractivity contribution in [2.75, 3.05) is 7.05 Å². The second kappa shape index (κ2) is 4.67. The maximum Gasteiger partial charge on any atom is 0.134 e. The molecule has 0 bridgehead atoms. The number of rotatable bonds is 4. The Morgan fingerprint density at radius 3 is 2.46 bits per heavy atom. The second-order valence-corrected chi connectivity index (χ2v) is 4.34. The van der Waals surface area contributed by atoms with Gasteiger partial charge in [0, 0.05) is 5.92 Å². The molecule has 2 atom stereocenters. The molecule has 0 aliphatic heterocycles. The van der Waals surface area contributed by atoms with Crippen LogP contribution in [0.5, 0.6) is 0 Å². The van der Waals surface area contributed by atoms with Gasteiger partial charge in [-0.15, -0.1) is 10.2 Å². The zero-order chi connectivity index (χ0) is 9.84. The van der Waals surface area contributed by atoms with Gasteiger partial charge in [0.05, 0.1) is 6.04 Å². The highest BCUT2D eigenvalue weighted by atomic mass is 32.1. The van der Waals surface area contributed by atoms with Crippen LogP contribution in [0.1, 0.15) is 49.2 Å². The summed E-state index contributed by atoms with van der Waals surface area (Å²) >= 11 is 1.71. The van der Waals surface area contributed by atoms with E-state index in [1.807, 2.05) is 7.05 Å². The van der Waals surface area contributed by atoms with E-state index < -0.39 is 0 Å². The van der Waals surface area contributed by atoms with E-state index >= 15 is 0 Å². The lowest BCUT2D eigenvalue weighted by Gasteiger charge is -2.04. The minimum absolute atomic E-state index is 0.315. The lowest BCUT2D eigenvalue weighted by Crippen LogP contribution is -2.11. The predicted octanol–water partition coefficient (Wildman–Crippen LogP) is 2.33. The first-order valence-electron chi connectivity index (χ1n) is 4.69. The second-order valence-electron chi connectivity index (χ2n) is 3.30. The van der Waals surface area contributed by atoms with E-state index in [0.29, 0.717) is 12.0 Å². The molecule has 13 heavy (non-hydrogen) atoms. The largest absolute Gasteiger partial charge is 0.311 e. The van der Waals surface area contributed by atoms with E-state index in [1.165, 1.54) is 0 Å². The number of aromatic nitrogens is 2. The van der Waals surface area contributed by atoms with Crippen LogP contribution in [0.3, 0.4) is 0 Å². The molecule has 1 aromatic heterocycles. The third-order valence-electron chi connectivity index (χ3n) is 2.29. The van der Waals surface area contributed by atoms with Crippen molar-refractivity contribution < 1.29 is 0 Å². The molecule has 74 valence electrons. The summed E-state index contributed by atoms with van der Waals surface area (Å²) in [6.07, 6.45) is 1.13. The van der Waals surface area contributed by atoms with Gasteiger partial charge in [-0.3, -0.25) is 0 Å². The Kier molecular flexibility index (Phi) is 3.81. The smallest absolute Gasteiger partial charge is 0.134 e. The average Bonchev–Trinajstić information content (AvgIpc) is 2.64. The van der Waals surface area contributed by atoms with Gasteiger partial charge in [0.15, 0.2) is 0 Å². The lowest BCUT2D eigenvalue weighted by molar-refractivity contribution is 0.637. The van der Waals surface area contributed by atoms with E-state index in [4.69, 9.17) is 0 Å². The molecule has 1 heterocycles. The summed E-state index contributed by atoms with van der Waals surface area (Å²) < 4.78 is 0. The topological polar surface area (TPSA) is 37.8 Å². The predicted molar refractivity (Wildman–Crippen MR) is 56.1 cm³/mol. The van der Waals surface area contributed by atoms with Crippen molar-refractivity contribution >= 4 is 11.3 Å². The Bertz CT molecular complexity index is 235. The Morgan fingerprint density at radius 2 is 1.92 bits per heavy atom. The van der Waals surface area contributed by atoms with Crippen molar-refractivity contribution in [3.8, 4) is 0 Å². The summed E-state index contributed by atoms with van der Waals surface area (Å²) in [5.74, 6) is 0.537. The number of nitrogens with one attached hydrogen (secondary N) is 1. The zero-order valence-corrected chi connectivity index (χ0v) is 9.48. The molecule has 0 saturated carbocycles. The Balaban J connectivity index is 2.74. The van der Waals surface area contributed by atoms with E-state index in [2.05, 4.69) is 36.3 Å². The van der Waals surface area contributed by atoms with Crippen molar-refractivity contribution in [1.29, 1.82) is 0 Å². The minimum atomic E-state index is 0.315. The van der Waals surface area contributed by atoms with Gasteiger partial charge in [0.2, 0.25) is 0 Å². The van der Waals surface area contributed by atoms with Crippen molar-refractivity contribution in [2.45, 2.75) is 39.2 Å². The number of nitrogens with zero attached hydrogens (tertiary/aromatic N) is 2. The zero-order valence-electron chi connectivity index (χ0n) is 8.66. The molecule has 0 amide bonds. The van der Waals surface area contributed by atoms with Crippen molar-refractivity contribution in [2.24, 2.45) is 0 Å². The highest BCUT2D eigenvalue weighted by Crippen LogP contribution is 2.25. The van der Waals surface area contributed by atoms with Crippen molar-refractivity contribution in [3.63, 3.8) is 0 Å². The van der Waals surface area contributed by atoms with Gasteiger partial charge in [-0.2, -0.15) is 0 Å². The third-order valence-corrected chi connectivity index (χ3v) is 3.63. The van der Waals surface area contributed by atoms with Crippen LogP contribution in [0.25, 0.3) is 0 Å². The van der Waals surface area contributed by atoms with Crippen molar-refractivity contribution in [1.82, 2.24) is 15.5 Å². The van der Waals surface area contributed by atoms with Crippen LogP contribution >= 0.6 is 11.3 Å². The fourth-order valence-electron chi connectivity index (χ4n) is 0.919. The average molecular weight is 199 g/mol. The van der Waals surface area contributed by atoms with E-state index in [9.17, 15) is 0 Å². The molecule has 1 N–H and O–H groups in total. The van der Waals surface area contributed by atoms with Crippen LogP contribution in [0.15, 0.2) is 0 Å². The Labute approximate surface area is 83.6 Å². The van der Waals surface area contributed by atoms with Crippen LogP contribution in [-0.2, 0) is 0 Å². The quantitative estimate of drug-likeness (QED) is 0.808. The first-order valence-corrected chi connectivity index (χ1v) is 5.51. The summed E-state index contributed by atoms with van der Waals surface area (Å²) in [6.45, 7) is 6.46. The maximum atomic E-state index is 4.18.